The first kappa shape index (κ1) is 9.93. The van der Waals surface area contributed by atoms with Crippen LogP contribution in [0.1, 0.15) is 0 Å². The number of ether oxygens (including phenoxy) is 2. The number of benzene rings is 1. The van der Waals surface area contributed by atoms with Gasteiger partial charge in [0, 0.05) is 6.07 Å². The maximum absolute atomic E-state index is 9.35. The van der Waals surface area contributed by atoms with Gasteiger partial charge in [-0.3, -0.25) is 0 Å². The molecule has 1 aromatic carbocycles. The van der Waals surface area contributed by atoms with E-state index in [-0.39, 0.29) is 0 Å². The number of methoxy groups -OCH3 is 2. The van der Waals surface area contributed by atoms with Crippen LogP contribution >= 0.6 is 0 Å². The molecule has 0 amide bonds. The van der Waals surface area contributed by atoms with E-state index in [1.54, 1.807) is 39.2 Å². The fourth-order valence-electron chi connectivity index (χ4n) is 1.07. The van der Waals surface area contributed by atoms with Gasteiger partial charge in [-0.25, -0.2) is 0 Å². The van der Waals surface area contributed by atoms with Gasteiger partial charge in [-0.05, 0) is 17.6 Å². The molecule has 0 saturated carbocycles. The minimum Gasteiger partial charge on any atom is -0.497 e. The molecule has 0 radical (unpaired) electrons. The molecule has 0 saturated heterocycles. The summed E-state index contributed by atoms with van der Waals surface area (Å²) in [6, 6.07) is 5.34. The molecule has 0 aliphatic carbocycles. The van der Waals surface area contributed by atoms with E-state index in [1.165, 1.54) is 0 Å². The first-order chi connectivity index (χ1) is 6.17. The van der Waals surface area contributed by atoms with E-state index >= 15 is 0 Å². The summed E-state index contributed by atoms with van der Waals surface area (Å²) in [5.41, 5.74) is 0.788. The Morgan fingerprint density at radius 1 is 1.08 bits per heavy atom. The molecule has 3 nitrogen and oxygen atoms in total. The smallest absolute Gasteiger partial charge is 0.320 e. The van der Waals surface area contributed by atoms with Gasteiger partial charge in [-0.1, -0.05) is 6.82 Å². The zero-order chi connectivity index (χ0) is 9.84. The molecule has 4 heteroatoms. The van der Waals surface area contributed by atoms with E-state index in [2.05, 4.69) is 0 Å². The summed E-state index contributed by atoms with van der Waals surface area (Å²) in [5.74, 6) is 1.38. The highest BCUT2D eigenvalue weighted by molar-refractivity contribution is 6.64. The van der Waals surface area contributed by atoms with Gasteiger partial charge >= 0.3 is 6.92 Å². The van der Waals surface area contributed by atoms with Crippen molar-refractivity contribution in [3.63, 3.8) is 0 Å². The minimum absolute atomic E-state index is 0.510. The lowest BCUT2D eigenvalue weighted by Crippen LogP contribution is -2.26. The molecule has 0 aliphatic heterocycles. The van der Waals surface area contributed by atoms with Crippen molar-refractivity contribution in [3.05, 3.63) is 18.2 Å². The molecule has 0 aliphatic rings. The maximum atomic E-state index is 9.35. The Labute approximate surface area is 78.4 Å². The third-order valence-corrected chi connectivity index (χ3v) is 1.86. The summed E-state index contributed by atoms with van der Waals surface area (Å²) in [5, 5.41) is 9.35. The highest BCUT2D eigenvalue weighted by Gasteiger charge is 2.09. The zero-order valence-corrected chi connectivity index (χ0v) is 8.07. The molecule has 0 bridgehead atoms. The second kappa shape index (κ2) is 4.19. The van der Waals surface area contributed by atoms with Crippen LogP contribution in [0.15, 0.2) is 18.2 Å². The van der Waals surface area contributed by atoms with E-state index < -0.39 is 6.92 Å². The molecular weight excluding hydrogens is 167 g/mol. The largest absolute Gasteiger partial charge is 0.497 e. The molecule has 13 heavy (non-hydrogen) atoms. The predicted molar refractivity (Wildman–Crippen MR) is 53.0 cm³/mol. The van der Waals surface area contributed by atoms with Crippen molar-refractivity contribution in [2.24, 2.45) is 0 Å². The summed E-state index contributed by atoms with van der Waals surface area (Å²) < 4.78 is 10.1. The summed E-state index contributed by atoms with van der Waals surface area (Å²) >= 11 is 0. The molecule has 0 unspecified atom stereocenters. The van der Waals surface area contributed by atoms with Crippen LogP contribution in [0.3, 0.4) is 0 Å². The molecule has 0 fully saturated rings. The normalized spacial score (nSPS) is 9.54. The van der Waals surface area contributed by atoms with Gasteiger partial charge in [0.15, 0.2) is 0 Å². The Morgan fingerprint density at radius 2 is 1.54 bits per heavy atom. The Hall–Kier alpha value is -1.16. The molecule has 0 aromatic heterocycles. The van der Waals surface area contributed by atoms with Gasteiger partial charge in [0.05, 0.1) is 14.2 Å². The van der Waals surface area contributed by atoms with Gasteiger partial charge in [0.2, 0.25) is 0 Å². The molecule has 1 N–H and O–H groups in total. The number of hydrogen-bond acceptors (Lipinski definition) is 3. The van der Waals surface area contributed by atoms with Crippen molar-refractivity contribution in [2.75, 3.05) is 14.2 Å². The van der Waals surface area contributed by atoms with Crippen LogP contribution in [-0.2, 0) is 0 Å². The molecule has 0 spiro atoms. The Kier molecular flexibility index (Phi) is 3.20. The number of hydrogen-bond donors (Lipinski definition) is 1. The third-order valence-electron chi connectivity index (χ3n) is 1.86. The van der Waals surface area contributed by atoms with Crippen LogP contribution in [0.5, 0.6) is 11.5 Å². The zero-order valence-electron chi connectivity index (χ0n) is 8.07. The van der Waals surface area contributed by atoms with Crippen molar-refractivity contribution < 1.29 is 14.5 Å². The van der Waals surface area contributed by atoms with Gasteiger partial charge in [0.25, 0.3) is 0 Å². The van der Waals surface area contributed by atoms with Gasteiger partial charge < -0.3 is 14.5 Å². The lowest BCUT2D eigenvalue weighted by Gasteiger charge is -2.08. The average molecular weight is 180 g/mol. The SMILES string of the molecule is COc1cc(OC)cc(B(C)O)c1. The second-order valence-electron chi connectivity index (χ2n) is 2.82. The molecule has 70 valence electrons. The minimum atomic E-state index is -0.510. The van der Waals surface area contributed by atoms with Crippen molar-refractivity contribution in [2.45, 2.75) is 6.82 Å². The van der Waals surface area contributed by atoms with Crippen molar-refractivity contribution in [1.29, 1.82) is 0 Å². The molecule has 0 heterocycles. The Morgan fingerprint density at radius 3 is 1.85 bits per heavy atom. The van der Waals surface area contributed by atoms with Crippen LogP contribution in [0, 0.1) is 0 Å². The van der Waals surface area contributed by atoms with Crippen molar-refractivity contribution >= 4 is 12.4 Å². The molecule has 0 atom stereocenters. The number of rotatable bonds is 3. The summed E-state index contributed by atoms with van der Waals surface area (Å²) in [6.45, 7) is 1.19. The van der Waals surface area contributed by atoms with E-state index in [0.29, 0.717) is 11.5 Å². The third kappa shape index (κ3) is 2.39. The van der Waals surface area contributed by atoms with E-state index in [1.807, 2.05) is 0 Å². The van der Waals surface area contributed by atoms with Crippen LogP contribution in [-0.4, -0.2) is 26.2 Å². The standard InChI is InChI=1S/C9H13BO3/c1-10(11)7-4-8(12-2)6-9(5-7)13-3/h4-6,11H,1-3H3. The fraction of sp³-hybridized carbons (Fsp3) is 0.333. The van der Waals surface area contributed by atoms with E-state index in [0.717, 1.165) is 5.46 Å². The lowest BCUT2D eigenvalue weighted by molar-refractivity contribution is 0.395. The van der Waals surface area contributed by atoms with Gasteiger partial charge in [-0.15, -0.1) is 0 Å². The summed E-state index contributed by atoms with van der Waals surface area (Å²) in [4.78, 5) is 0. The second-order valence-corrected chi connectivity index (χ2v) is 2.82. The Bertz CT molecular complexity index is 264. The summed E-state index contributed by atoms with van der Waals surface area (Å²) in [6.07, 6.45) is 0. The average Bonchev–Trinajstić information content (AvgIpc) is 2.16. The first-order valence-electron chi connectivity index (χ1n) is 4.08. The van der Waals surface area contributed by atoms with Crippen molar-refractivity contribution in [1.82, 2.24) is 0 Å². The maximum Gasteiger partial charge on any atom is 0.320 e. The quantitative estimate of drug-likeness (QED) is 0.689. The van der Waals surface area contributed by atoms with Crippen LogP contribution in [0.2, 0.25) is 6.82 Å². The molecular formula is C9H13BO3. The summed E-state index contributed by atoms with van der Waals surface area (Å²) in [7, 11) is 3.17. The topological polar surface area (TPSA) is 38.7 Å². The van der Waals surface area contributed by atoms with Gasteiger partial charge in [-0.2, -0.15) is 0 Å². The van der Waals surface area contributed by atoms with Gasteiger partial charge in [0.1, 0.15) is 11.5 Å². The van der Waals surface area contributed by atoms with Crippen LogP contribution in [0.4, 0.5) is 0 Å². The highest BCUT2D eigenvalue weighted by Crippen LogP contribution is 2.17. The molecule has 1 aromatic rings. The first-order valence-corrected chi connectivity index (χ1v) is 4.08. The predicted octanol–water partition coefficient (Wildman–Crippen LogP) is 0.524. The van der Waals surface area contributed by atoms with Crippen LogP contribution < -0.4 is 14.9 Å². The molecule has 1 rings (SSSR count). The van der Waals surface area contributed by atoms with E-state index in [9.17, 15) is 5.02 Å². The fourth-order valence-corrected chi connectivity index (χ4v) is 1.07. The highest BCUT2D eigenvalue weighted by atomic mass is 16.5. The van der Waals surface area contributed by atoms with Crippen LogP contribution in [0.25, 0.3) is 0 Å². The van der Waals surface area contributed by atoms with E-state index in [4.69, 9.17) is 9.47 Å². The monoisotopic (exact) mass is 180 g/mol. The Balaban J connectivity index is 3.07. The lowest BCUT2D eigenvalue weighted by atomic mass is 9.64. The van der Waals surface area contributed by atoms with Crippen molar-refractivity contribution in [3.8, 4) is 11.5 Å².